The summed E-state index contributed by atoms with van der Waals surface area (Å²) in [7, 11) is 0. The number of aryl methyl sites for hydroxylation is 2. The predicted octanol–water partition coefficient (Wildman–Crippen LogP) is 5.59. The van der Waals surface area contributed by atoms with Crippen LogP contribution in [0.3, 0.4) is 0 Å². The molecule has 2 aromatic rings. The molecule has 18 heavy (non-hydrogen) atoms. The van der Waals surface area contributed by atoms with E-state index in [1.165, 1.54) is 16.7 Å². The normalized spacial score (nSPS) is 12.4. The lowest BCUT2D eigenvalue weighted by Crippen LogP contribution is -1.96. The van der Waals surface area contributed by atoms with Crippen molar-refractivity contribution < 1.29 is 0 Å². The summed E-state index contributed by atoms with van der Waals surface area (Å²) in [5.74, 6) is 0. The van der Waals surface area contributed by atoms with Crippen molar-refractivity contribution in [3.05, 3.63) is 69.2 Å². The minimum absolute atomic E-state index is 0.0173. The van der Waals surface area contributed by atoms with Gasteiger partial charge in [0.1, 0.15) is 0 Å². The van der Waals surface area contributed by atoms with Gasteiger partial charge in [0.2, 0.25) is 0 Å². The zero-order chi connectivity index (χ0) is 13.1. The summed E-state index contributed by atoms with van der Waals surface area (Å²) in [4.78, 5) is 0. The quantitative estimate of drug-likeness (QED) is 0.646. The van der Waals surface area contributed by atoms with E-state index in [0.29, 0.717) is 0 Å². The summed E-state index contributed by atoms with van der Waals surface area (Å²) in [6.45, 7) is 4.19. The van der Waals surface area contributed by atoms with Crippen molar-refractivity contribution in [2.75, 3.05) is 0 Å². The van der Waals surface area contributed by atoms with E-state index in [9.17, 15) is 0 Å². The number of halogens is 2. The van der Waals surface area contributed by atoms with Gasteiger partial charge in [-0.1, -0.05) is 57.9 Å². The molecular weight excluding hydrogens is 308 g/mol. The van der Waals surface area contributed by atoms with Crippen molar-refractivity contribution in [2.24, 2.45) is 0 Å². The number of hydrogen-bond donors (Lipinski definition) is 0. The van der Waals surface area contributed by atoms with Crippen LogP contribution < -0.4 is 0 Å². The average Bonchev–Trinajstić information content (AvgIpc) is 2.32. The highest BCUT2D eigenvalue weighted by molar-refractivity contribution is 9.10. The Kier molecular flexibility index (Phi) is 4.47. The third-order valence-corrected chi connectivity index (χ3v) is 4.32. The van der Waals surface area contributed by atoms with Crippen LogP contribution in [0.15, 0.2) is 46.9 Å². The minimum Gasteiger partial charge on any atom is -0.117 e. The van der Waals surface area contributed by atoms with Gasteiger partial charge in [-0.3, -0.25) is 0 Å². The first-order chi connectivity index (χ1) is 8.56. The maximum atomic E-state index is 6.50. The van der Waals surface area contributed by atoms with Crippen LogP contribution in [0.25, 0.3) is 0 Å². The molecule has 0 aliphatic heterocycles. The fourth-order valence-electron chi connectivity index (χ4n) is 1.97. The molecule has 0 amide bonds. The van der Waals surface area contributed by atoms with Crippen LogP contribution >= 0.6 is 27.5 Å². The summed E-state index contributed by atoms with van der Waals surface area (Å²) in [5, 5.41) is 0.0173. The largest absolute Gasteiger partial charge is 0.117 e. The highest BCUT2D eigenvalue weighted by Crippen LogP contribution is 2.28. The Morgan fingerprint density at radius 2 is 1.89 bits per heavy atom. The van der Waals surface area contributed by atoms with Gasteiger partial charge in [-0.15, -0.1) is 11.6 Å². The smallest absolute Gasteiger partial charge is 0.0625 e. The maximum absolute atomic E-state index is 6.50. The molecule has 0 aliphatic rings. The summed E-state index contributed by atoms with van der Waals surface area (Å²) < 4.78 is 1.12. The van der Waals surface area contributed by atoms with Gasteiger partial charge in [-0.05, 0) is 43.0 Å². The summed E-state index contributed by atoms with van der Waals surface area (Å²) >= 11 is 10.0. The second-order valence-corrected chi connectivity index (χ2v) is 6.05. The monoisotopic (exact) mass is 322 g/mol. The van der Waals surface area contributed by atoms with Crippen molar-refractivity contribution in [1.82, 2.24) is 0 Å². The summed E-state index contributed by atoms with van der Waals surface area (Å²) in [5.41, 5.74) is 4.96. The average molecular weight is 324 g/mol. The molecule has 0 aromatic heterocycles. The zero-order valence-electron chi connectivity index (χ0n) is 10.6. The standard InChI is InChI=1S/C16H16BrCl/c1-11-4-3-5-13(8-11)9-16(18)14-7-6-12(2)15(17)10-14/h3-8,10,16H,9H2,1-2H3. The van der Waals surface area contributed by atoms with Crippen molar-refractivity contribution in [3.8, 4) is 0 Å². The van der Waals surface area contributed by atoms with Gasteiger partial charge in [0.05, 0.1) is 5.38 Å². The van der Waals surface area contributed by atoms with E-state index < -0.39 is 0 Å². The number of benzene rings is 2. The SMILES string of the molecule is Cc1cccc(CC(Cl)c2ccc(C)c(Br)c2)c1. The maximum Gasteiger partial charge on any atom is 0.0625 e. The van der Waals surface area contributed by atoms with Crippen LogP contribution in [0.1, 0.15) is 27.6 Å². The van der Waals surface area contributed by atoms with Gasteiger partial charge in [0, 0.05) is 4.47 Å². The third-order valence-electron chi connectivity index (χ3n) is 3.05. The Hall–Kier alpha value is -0.790. The molecule has 0 N–H and O–H groups in total. The van der Waals surface area contributed by atoms with Gasteiger partial charge in [0.15, 0.2) is 0 Å². The predicted molar refractivity (Wildman–Crippen MR) is 82.4 cm³/mol. The van der Waals surface area contributed by atoms with Crippen molar-refractivity contribution in [1.29, 1.82) is 0 Å². The minimum atomic E-state index is 0.0173. The van der Waals surface area contributed by atoms with Crippen LogP contribution in [0.4, 0.5) is 0 Å². The summed E-state index contributed by atoms with van der Waals surface area (Å²) in [6.07, 6.45) is 0.860. The van der Waals surface area contributed by atoms with Crippen molar-refractivity contribution in [3.63, 3.8) is 0 Å². The fraction of sp³-hybridized carbons (Fsp3) is 0.250. The lowest BCUT2D eigenvalue weighted by molar-refractivity contribution is 0.916. The number of hydrogen-bond acceptors (Lipinski definition) is 0. The molecule has 0 saturated carbocycles. The molecule has 0 aliphatic carbocycles. The molecule has 0 fully saturated rings. The number of rotatable bonds is 3. The van der Waals surface area contributed by atoms with E-state index in [1.807, 2.05) is 0 Å². The Bertz CT molecular complexity index is 549. The molecule has 0 saturated heterocycles. The lowest BCUT2D eigenvalue weighted by Gasteiger charge is -2.12. The molecule has 2 heteroatoms. The highest BCUT2D eigenvalue weighted by Gasteiger charge is 2.10. The van der Waals surface area contributed by atoms with Gasteiger partial charge in [-0.2, -0.15) is 0 Å². The zero-order valence-corrected chi connectivity index (χ0v) is 12.9. The molecule has 0 radical (unpaired) electrons. The second kappa shape index (κ2) is 5.90. The van der Waals surface area contributed by atoms with Crippen molar-refractivity contribution in [2.45, 2.75) is 25.6 Å². The molecule has 1 atom stereocenters. The Morgan fingerprint density at radius 1 is 1.11 bits per heavy atom. The fourth-order valence-corrected chi connectivity index (χ4v) is 2.68. The van der Waals surface area contributed by atoms with Crippen molar-refractivity contribution >= 4 is 27.5 Å². The van der Waals surface area contributed by atoms with Gasteiger partial charge in [-0.25, -0.2) is 0 Å². The number of alkyl halides is 1. The molecule has 0 spiro atoms. The van der Waals surface area contributed by atoms with Crippen LogP contribution in [0.5, 0.6) is 0 Å². The van der Waals surface area contributed by atoms with Crippen LogP contribution in [-0.4, -0.2) is 0 Å². The molecule has 0 nitrogen and oxygen atoms in total. The Balaban J connectivity index is 2.16. The van der Waals surface area contributed by atoms with Gasteiger partial charge in [0.25, 0.3) is 0 Å². The Morgan fingerprint density at radius 3 is 2.56 bits per heavy atom. The first kappa shape index (κ1) is 13.6. The van der Waals surface area contributed by atoms with E-state index in [4.69, 9.17) is 11.6 Å². The topological polar surface area (TPSA) is 0 Å². The molecule has 2 rings (SSSR count). The van der Waals surface area contributed by atoms with E-state index >= 15 is 0 Å². The second-order valence-electron chi connectivity index (χ2n) is 4.67. The first-order valence-corrected chi connectivity index (χ1v) is 7.25. The molecule has 94 valence electrons. The molecule has 0 heterocycles. The molecule has 1 unspecified atom stereocenters. The van der Waals surface area contributed by atoms with E-state index in [0.717, 1.165) is 16.5 Å². The van der Waals surface area contributed by atoms with Crippen LogP contribution in [0, 0.1) is 13.8 Å². The molecular formula is C16H16BrCl. The lowest BCUT2D eigenvalue weighted by atomic mass is 10.0. The first-order valence-electron chi connectivity index (χ1n) is 6.02. The van der Waals surface area contributed by atoms with E-state index in [2.05, 4.69) is 72.2 Å². The Labute approximate surface area is 122 Å². The van der Waals surface area contributed by atoms with Crippen LogP contribution in [-0.2, 0) is 6.42 Å². The highest BCUT2D eigenvalue weighted by atomic mass is 79.9. The third kappa shape index (κ3) is 3.37. The van der Waals surface area contributed by atoms with E-state index in [1.54, 1.807) is 0 Å². The summed E-state index contributed by atoms with van der Waals surface area (Å²) in [6, 6.07) is 14.8. The van der Waals surface area contributed by atoms with E-state index in [-0.39, 0.29) is 5.38 Å². The van der Waals surface area contributed by atoms with Gasteiger partial charge < -0.3 is 0 Å². The van der Waals surface area contributed by atoms with Crippen LogP contribution in [0.2, 0.25) is 0 Å². The molecule has 2 aromatic carbocycles. The molecule has 0 bridgehead atoms. The van der Waals surface area contributed by atoms with Gasteiger partial charge >= 0.3 is 0 Å².